The van der Waals surface area contributed by atoms with Crippen LogP contribution in [0.5, 0.6) is 0 Å². The summed E-state index contributed by atoms with van der Waals surface area (Å²) in [5.74, 6) is -0.797. The first kappa shape index (κ1) is 23.2. The molecule has 1 saturated carbocycles. The van der Waals surface area contributed by atoms with Gasteiger partial charge in [-0.3, -0.25) is 9.59 Å². The molecule has 178 valence electrons. The summed E-state index contributed by atoms with van der Waals surface area (Å²) >= 11 is 0. The predicted molar refractivity (Wildman–Crippen MR) is 110 cm³/mol. The van der Waals surface area contributed by atoms with E-state index in [1.807, 2.05) is 0 Å². The van der Waals surface area contributed by atoms with Gasteiger partial charge in [0.05, 0.1) is 24.3 Å². The Morgan fingerprint density at radius 1 is 1.24 bits per heavy atom. The second-order valence-corrected chi connectivity index (χ2v) is 8.47. The SMILES string of the molecule is O=C(NCC(=O)N(C1CCC(O)(c2ncco2)CC1)C1CNC1)c1cccc(C(F)(F)F)c1. The predicted octanol–water partition coefficient (Wildman–Crippen LogP) is 2.05. The summed E-state index contributed by atoms with van der Waals surface area (Å²) in [6, 6.07) is 3.90. The third-order valence-corrected chi connectivity index (χ3v) is 6.30. The van der Waals surface area contributed by atoms with Crippen molar-refractivity contribution in [2.24, 2.45) is 0 Å². The fourth-order valence-electron chi connectivity index (χ4n) is 4.39. The number of aliphatic hydroxyl groups is 1. The highest BCUT2D eigenvalue weighted by molar-refractivity contribution is 5.96. The maximum atomic E-state index is 13.0. The van der Waals surface area contributed by atoms with Crippen molar-refractivity contribution in [1.29, 1.82) is 0 Å². The van der Waals surface area contributed by atoms with Gasteiger partial charge in [0, 0.05) is 24.7 Å². The lowest BCUT2D eigenvalue weighted by Gasteiger charge is -2.46. The number of halogens is 3. The number of alkyl halides is 3. The van der Waals surface area contributed by atoms with Gasteiger partial charge in [0.25, 0.3) is 5.91 Å². The molecule has 11 heteroatoms. The second-order valence-electron chi connectivity index (χ2n) is 8.47. The zero-order chi connectivity index (χ0) is 23.6. The lowest BCUT2D eigenvalue weighted by Crippen LogP contribution is -2.63. The molecule has 2 aliphatic rings. The zero-order valence-corrected chi connectivity index (χ0v) is 17.8. The van der Waals surface area contributed by atoms with Crippen LogP contribution in [-0.2, 0) is 16.6 Å². The van der Waals surface area contributed by atoms with E-state index >= 15 is 0 Å². The molecule has 1 saturated heterocycles. The Balaban J connectivity index is 1.38. The van der Waals surface area contributed by atoms with E-state index in [1.165, 1.54) is 18.5 Å². The van der Waals surface area contributed by atoms with Gasteiger partial charge in [0.15, 0.2) is 0 Å². The Labute approximate surface area is 188 Å². The number of carbonyl (C=O) groups excluding carboxylic acids is 2. The Morgan fingerprint density at radius 2 is 1.97 bits per heavy atom. The number of benzene rings is 1. The van der Waals surface area contributed by atoms with E-state index in [2.05, 4.69) is 15.6 Å². The molecule has 2 heterocycles. The van der Waals surface area contributed by atoms with Crippen molar-refractivity contribution in [3.05, 3.63) is 53.7 Å². The second kappa shape index (κ2) is 9.14. The average Bonchev–Trinajstić information content (AvgIpc) is 3.30. The molecular formula is C22H25F3N4O4. The van der Waals surface area contributed by atoms with Gasteiger partial charge in [0.1, 0.15) is 11.9 Å². The van der Waals surface area contributed by atoms with Crippen molar-refractivity contribution in [2.75, 3.05) is 19.6 Å². The molecule has 2 amide bonds. The highest BCUT2D eigenvalue weighted by Gasteiger charge is 2.43. The van der Waals surface area contributed by atoms with E-state index in [4.69, 9.17) is 4.42 Å². The zero-order valence-electron chi connectivity index (χ0n) is 17.8. The minimum atomic E-state index is -4.56. The molecule has 0 unspecified atom stereocenters. The molecule has 1 aromatic heterocycles. The van der Waals surface area contributed by atoms with E-state index in [-0.39, 0.29) is 36.0 Å². The number of nitrogens with zero attached hydrogens (tertiary/aromatic N) is 2. The summed E-state index contributed by atoms with van der Waals surface area (Å²) < 4.78 is 44.0. The number of hydrogen-bond donors (Lipinski definition) is 3. The number of amides is 2. The lowest BCUT2D eigenvalue weighted by molar-refractivity contribution is -0.140. The summed E-state index contributed by atoms with van der Waals surface area (Å²) in [5.41, 5.74) is -2.27. The Morgan fingerprint density at radius 3 is 2.55 bits per heavy atom. The summed E-state index contributed by atoms with van der Waals surface area (Å²) in [5, 5.41) is 16.4. The molecule has 2 fully saturated rings. The van der Waals surface area contributed by atoms with Gasteiger partial charge in [-0.15, -0.1) is 0 Å². The first-order valence-electron chi connectivity index (χ1n) is 10.8. The van der Waals surface area contributed by atoms with Crippen molar-refractivity contribution in [1.82, 2.24) is 20.5 Å². The largest absolute Gasteiger partial charge is 0.446 e. The van der Waals surface area contributed by atoms with Gasteiger partial charge in [-0.05, 0) is 43.9 Å². The molecule has 2 aromatic rings. The number of aromatic nitrogens is 1. The van der Waals surface area contributed by atoms with Crippen LogP contribution in [0, 0.1) is 0 Å². The van der Waals surface area contributed by atoms with Crippen LogP contribution in [0.1, 0.15) is 47.5 Å². The summed E-state index contributed by atoms with van der Waals surface area (Å²) in [7, 11) is 0. The molecule has 4 rings (SSSR count). The normalized spacial score (nSPS) is 23.6. The van der Waals surface area contributed by atoms with E-state index in [0.717, 1.165) is 18.2 Å². The topological polar surface area (TPSA) is 108 Å². The van der Waals surface area contributed by atoms with Crippen molar-refractivity contribution in [3.8, 4) is 0 Å². The third kappa shape index (κ3) is 5.03. The molecule has 3 N–H and O–H groups in total. The van der Waals surface area contributed by atoms with E-state index in [9.17, 15) is 27.9 Å². The molecule has 0 atom stereocenters. The van der Waals surface area contributed by atoms with E-state index in [1.54, 1.807) is 4.90 Å². The van der Waals surface area contributed by atoms with Crippen molar-refractivity contribution in [3.63, 3.8) is 0 Å². The number of rotatable bonds is 6. The highest BCUT2D eigenvalue weighted by atomic mass is 19.4. The van der Waals surface area contributed by atoms with Crippen LogP contribution in [-0.4, -0.2) is 58.5 Å². The quantitative estimate of drug-likeness (QED) is 0.602. The first-order valence-corrected chi connectivity index (χ1v) is 10.8. The fourth-order valence-corrected chi connectivity index (χ4v) is 4.39. The van der Waals surface area contributed by atoms with Gasteiger partial charge in [-0.25, -0.2) is 4.98 Å². The molecule has 0 radical (unpaired) electrons. The van der Waals surface area contributed by atoms with Crippen LogP contribution in [0.25, 0.3) is 0 Å². The first-order chi connectivity index (χ1) is 15.7. The maximum absolute atomic E-state index is 13.0. The Hall–Kier alpha value is -2.92. The molecule has 0 spiro atoms. The van der Waals surface area contributed by atoms with Gasteiger partial charge in [0.2, 0.25) is 11.8 Å². The molecule has 0 bridgehead atoms. The lowest BCUT2D eigenvalue weighted by atomic mass is 9.80. The maximum Gasteiger partial charge on any atom is 0.416 e. The summed E-state index contributed by atoms with van der Waals surface area (Å²) in [6.07, 6.45) is 0.127. The average molecular weight is 466 g/mol. The van der Waals surface area contributed by atoms with Gasteiger partial charge in [-0.2, -0.15) is 13.2 Å². The van der Waals surface area contributed by atoms with Crippen LogP contribution >= 0.6 is 0 Å². The molecule has 1 aliphatic heterocycles. The van der Waals surface area contributed by atoms with Crippen molar-refractivity contribution >= 4 is 11.8 Å². The Kier molecular flexibility index (Phi) is 6.44. The third-order valence-electron chi connectivity index (χ3n) is 6.30. The van der Waals surface area contributed by atoms with Crippen LogP contribution in [0.2, 0.25) is 0 Å². The van der Waals surface area contributed by atoms with Crippen molar-refractivity contribution < 1.29 is 32.3 Å². The van der Waals surface area contributed by atoms with Gasteiger partial charge >= 0.3 is 6.18 Å². The number of carbonyl (C=O) groups is 2. The van der Waals surface area contributed by atoms with E-state index < -0.39 is 23.2 Å². The van der Waals surface area contributed by atoms with Crippen LogP contribution in [0.3, 0.4) is 0 Å². The Bertz CT molecular complexity index is 984. The molecule has 33 heavy (non-hydrogen) atoms. The number of oxazole rings is 1. The summed E-state index contributed by atoms with van der Waals surface area (Å²) in [6.45, 7) is 0.910. The number of nitrogens with one attached hydrogen (secondary N) is 2. The van der Waals surface area contributed by atoms with Gasteiger partial charge in [-0.1, -0.05) is 6.07 Å². The summed E-state index contributed by atoms with van der Waals surface area (Å²) in [4.78, 5) is 31.2. The number of hydrogen-bond acceptors (Lipinski definition) is 6. The monoisotopic (exact) mass is 466 g/mol. The van der Waals surface area contributed by atoms with Crippen LogP contribution in [0.15, 0.2) is 41.1 Å². The molecule has 1 aliphatic carbocycles. The minimum Gasteiger partial charge on any atom is -0.446 e. The van der Waals surface area contributed by atoms with Crippen LogP contribution < -0.4 is 10.6 Å². The van der Waals surface area contributed by atoms with Gasteiger partial charge < -0.3 is 25.1 Å². The van der Waals surface area contributed by atoms with Crippen molar-refractivity contribution in [2.45, 2.75) is 49.5 Å². The fraction of sp³-hybridized carbons (Fsp3) is 0.500. The van der Waals surface area contributed by atoms with Crippen LogP contribution in [0.4, 0.5) is 13.2 Å². The van der Waals surface area contributed by atoms with E-state index in [0.29, 0.717) is 38.8 Å². The molecular weight excluding hydrogens is 441 g/mol. The molecule has 1 aromatic carbocycles. The molecule has 8 nitrogen and oxygen atoms in total. The minimum absolute atomic E-state index is 0.0408. The highest BCUT2D eigenvalue weighted by Crippen LogP contribution is 2.38. The smallest absolute Gasteiger partial charge is 0.416 e. The standard InChI is InChI=1S/C22H25F3N4O4/c23-22(24,25)15-3-1-2-14(10-15)19(31)28-13-18(30)29(17-11-26-12-17)16-4-6-21(32,7-5-16)20-27-8-9-33-20/h1-3,8-10,16-17,26,32H,4-7,11-13H2,(H,28,31).